The molecule has 5 nitrogen and oxygen atoms in total. The topological polar surface area (TPSA) is 55.4 Å². The van der Waals surface area contributed by atoms with Crippen LogP contribution in [-0.4, -0.2) is 50.4 Å². The number of nitrogens with two attached hydrogens (primary N) is 1. The monoisotopic (exact) mass is 361 g/mol. The summed E-state index contributed by atoms with van der Waals surface area (Å²) in [7, 11) is 1.70. The molecule has 1 aliphatic heterocycles. The van der Waals surface area contributed by atoms with Crippen LogP contribution in [0.4, 0.5) is 4.79 Å². The van der Waals surface area contributed by atoms with Crippen LogP contribution < -0.4 is 10.1 Å². The summed E-state index contributed by atoms with van der Waals surface area (Å²) in [5.41, 5.74) is 1.37. The number of ether oxygens (including phenoxy) is 2. The molecule has 5 heteroatoms. The number of nitrogens with zero attached hydrogens (tertiary/aromatic N) is 1. The Morgan fingerprint density at radius 3 is 2.46 bits per heavy atom. The second kappa shape index (κ2) is 9.81. The molecule has 1 amide bonds. The Bertz CT molecular complexity index is 547. The Labute approximate surface area is 157 Å². The van der Waals surface area contributed by atoms with Gasteiger partial charge in [-0.05, 0) is 62.1 Å². The average molecular weight is 362 g/mol. The van der Waals surface area contributed by atoms with E-state index in [1.54, 1.807) is 7.11 Å². The van der Waals surface area contributed by atoms with Crippen molar-refractivity contribution in [1.82, 2.24) is 4.90 Å². The maximum Gasteiger partial charge on any atom is 0.409 e. The summed E-state index contributed by atoms with van der Waals surface area (Å²) >= 11 is 0. The smallest absolute Gasteiger partial charge is 0.409 e. The fraction of sp³-hybridized carbons (Fsp3) is 0.667. The number of carbonyl (C=O) groups is 1. The van der Waals surface area contributed by atoms with Gasteiger partial charge in [-0.25, -0.2) is 4.79 Å². The first-order valence-corrected chi connectivity index (χ1v) is 10.1. The van der Waals surface area contributed by atoms with E-state index in [1.807, 2.05) is 17.0 Å². The number of likely N-dealkylation sites (tertiary alicyclic amines) is 1. The maximum atomic E-state index is 12.0. The van der Waals surface area contributed by atoms with Gasteiger partial charge in [0.25, 0.3) is 0 Å². The predicted octanol–water partition coefficient (Wildman–Crippen LogP) is 2.59. The zero-order valence-corrected chi connectivity index (χ0v) is 16.0. The second-order valence-corrected chi connectivity index (χ2v) is 7.67. The van der Waals surface area contributed by atoms with Crippen molar-refractivity contribution in [2.75, 3.05) is 33.4 Å². The molecule has 1 saturated heterocycles. The molecule has 1 aromatic carbocycles. The van der Waals surface area contributed by atoms with E-state index in [4.69, 9.17) is 9.47 Å². The van der Waals surface area contributed by atoms with Crippen LogP contribution in [0.2, 0.25) is 0 Å². The highest BCUT2D eigenvalue weighted by molar-refractivity contribution is 5.67. The van der Waals surface area contributed by atoms with Crippen LogP contribution in [0.25, 0.3) is 0 Å². The fourth-order valence-corrected chi connectivity index (χ4v) is 4.05. The zero-order valence-electron chi connectivity index (χ0n) is 16.0. The van der Waals surface area contributed by atoms with E-state index in [0.29, 0.717) is 12.5 Å². The van der Waals surface area contributed by atoms with Gasteiger partial charge >= 0.3 is 6.09 Å². The molecule has 2 fully saturated rings. The molecule has 2 N–H and O–H groups in total. The molecule has 3 rings (SSSR count). The molecule has 0 aromatic heterocycles. The van der Waals surface area contributed by atoms with Crippen molar-refractivity contribution in [1.29, 1.82) is 0 Å². The average Bonchev–Trinajstić information content (AvgIpc) is 3.22. The number of methoxy groups -OCH3 is 1. The minimum Gasteiger partial charge on any atom is -0.497 e. The van der Waals surface area contributed by atoms with Crippen LogP contribution >= 0.6 is 0 Å². The maximum absolute atomic E-state index is 12.0. The summed E-state index contributed by atoms with van der Waals surface area (Å²) in [6.07, 6.45) is 8.05. The number of benzene rings is 1. The third-order valence-electron chi connectivity index (χ3n) is 5.79. The van der Waals surface area contributed by atoms with E-state index >= 15 is 0 Å². The molecule has 26 heavy (non-hydrogen) atoms. The molecule has 2 aliphatic rings. The first kappa shape index (κ1) is 19.0. The van der Waals surface area contributed by atoms with Gasteiger partial charge in [-0.15, -0.1) is 0 Å². The Morgan fingerprint density at radius 1 is 1.12 bits per heavy atom. The molecule has 0 radical (unpaired) electrons. The Balaban J connectivity index is 1.28. The van der Waals surface area contributed by atoms with E-state index in [9.17, 15) is 4.79 Å². The molecule has 0 spiro atoms. The molecule has 1 heterocycles. The summed E-state index contributed by atoms with van der Waals surface area (Å²) in [5.74, 6) is 1.47. The summed E-state index contributed by atoms with van der Waals surface area (Å²) < 4.78 is 10.7. The van der Waals surface area contributed by atoms with E-state index in [1.165, 1.54) is 31.2 Å². The predicted molar refractivity (Wildman–Crippen MR) is 101 cm³/mol. The molecule has 0 atom stereocenters. The summed E-state index contributed by atoms with van der Waals surface area (Å²) in [6, 6.07) is 9.09. The van der Waals surface area contributed by atoms with Gasteiger partial charge in [0, 0.05) is 19.5 Å². The summed E-state index contributed by atoms with van der Waals surface area (Å²) in [4.78, 5) is 13.8. The quantitative estimate of drug-likeness (QED) is 0.812. The van der Waals surface area contributed by atoms with Crippen LogP contribution in [0.15, 0.2) is 24.3 Å². The van der Waals surface area contributed by atoms with Crippen molar-refractivity contribution >= 4 is 6.09 Å². The molecule has 1 aliphatic carbocycles. The van der Waals surface area contributed by atoms with Gasteiger partial charge in [-0.3, -0.25) is 0 Å². The molecule has 0 unspecified atom stereocenters. The van der Waals surface area contributed by atoms with E-state index < -0.39 is 0 Å². The number of quaternary nitrogens is 1. The van der Waals surface area contributed by atoms with E-state index in [2.05, 4.69) is 17.4 Å². The SMILES string of the molecule is COc1ccc(CC[NH2+]C2CCC(COC(=O)N3CCCC3)CC2)cc1. The third kappa shape index (κ3) is 5.63. The normalized spacial score (nSPS) is 23.0. The minimum atomic E-state index is -0.101. The Kier molecular flexibility index (Phi) is 7.18. The molecule has 1 saturated carbocycles. The van der Waals surface area contributed by atoms with Crippen molar-refractivity contribution in [3.05, 3.63) is 29.8 Å². The van der Waals surface area contributed by atoms with E-state index in [0.717, 1.165) is 50.7 Å². The first-order valence-electron chi connectivity index (χ1n) is 10.1. The van der Waals surface area contributed by atoms with Crippen molar-refractivity contribution in [2.45, 2.75) is 51.0 Å². The highest BCUT2D eigenvalue weighted by Crippen LogP contribution is 2.23. The molecule has 0 bridgehead atoms. The molecular weight excluding hydrogens is 328 g/mol. The first-order chi connectivity index (χ1) is 12.7. The van der Waals surface area contributed by atoms with Gasteiger partial charge in [0.05, 0.1) is 26.3 Å². The summed E-state index contributed by atoms with van der Waals surface area (Å²) in [5, 5.41) is 2.50. The highest BCUT2D eigenvalue weighted by atomic mass is 16.6. The van der Waals surface area contributed by atoms with Gasteiger partial charge in [0.1, 0.15) is 5.75 Å². The van der Waals surface area contributed by atoms with E-state index in [-0.39, 0.29) is 6.09 Å². The number of carbonyl (C=O) groups excluding carboxylic acids is 1. The Morgan fingerprint density at radius 2 is 1.81 bits per heavy atom. The Hall–Kier alpha value is -1.75. The lowest BCUT2D eigenvalue weighted by atomic mass is 9.86. The van der Waals surface area contributed by atoms with Crippen LogP contribution in [0.1, 0.15) is 44.1 Å². The van der Waals surface area contributed by atoms with Crippen LogP contribution in [0.3, 0.4) is 0 Å². The standard InChI is InChI=1S/C21H32N2O3/c1-25-20-10-6-17(7-11-20)12-13-22-19-8-4-18(5-9-19)16-26-21(24)23-14-2-3-15-23/h6-7,10-11,18-19,22H,2-5,8-9,12-16H2,1H3/p+1. The van der Waals surface area contributed by atoms with Crippen molar-refractivity contribution < 1.29 is 19.6 Å². The minimum absolute atomic E-state index is 0.101. The third-order valence-corrected chi connectivity index (χ3v) is 5.79. The number of hydrogen-bond acceptors (Lipinski definition) is 3. The van der Waals surface area contributed by atoms with Crippen molar-refractivity contribution in [3.63, 3.8) is 0 Å². The lowest BCUT2D eigenvalue weighted by Crippen LogP contribution is -2.90. The lowest BCUT2D eigenvalue weighted by molar-refractivity contribution is -0.691. The fourth-order valence-electron chi connectivity index (χ4n) is 4.05. The lowest BCUT2D eigenvalue weighted by Gasteiger charge is -2.27. The van der Waals surface area contributed by atoms with Crippen LogP contribution in [0, 0.1) is 5.92 Å². The van der Waals surface area contributed by atoms with Crippen LogP contribution in [0.5, 0.6) is 5.75 Å². The van der Waals surface area contributed by atoms with Crippen molar-refractivity contribution in [2.24, 2.45) is 5.92 Å². The zero-order chi connectivity index (χ0) is 18.2. The number of rotatable bonds is 7. The van der Waals surface area contributed by atoms with Gasteiger partial charge in [0.2, 0.25) is 0 Å². The number of amides is 1. The second-order valence-electron chi connectivity index (χ2n) is 7.67. The highest BCUT2D eigenvalue weighted by Gasteiger charge is 2.25. The van der Waals surface area contributed by atoms with Crippen molar-refractivity contribution in [3.8, 4) is 5.75 Å². The van der Waals surface area contributed by atoms with Crippen LogP contribution in [-0.2, 0) is 11.2 Å². The molecule has 1 aromatic rings. The van der Waals surface area contributed by atoms with Gasteiger partial charge < -0.3 is 19.7 Å². The molecular formula is C21H33N2O3+. The van der Waals surface area contributed by atoms with Gasteiger partial charge in [0.15, 0.2) is 0 Å². The largest absolute Gasteiger partial charge is 0.497 e. The summed E-state index contributed by atoms with van der Waals surface area (Å²) in [6.45, 7) is 3.48. The molecule has 144 valence electrons. The van der Waals surface area contributed by atoms with Gasteiger partial charge in [-0.2, -0.15) is 0 Å². The number of hydrogen-bond donors (Lipinski definition) is 1. The van der Waals surface area contributed by atoms with Gasteiger partial charge in [-0.1, -0.05) is 12.1 Å².